The van der Waals surface area contributed by atoms with E-state index in [1.807, 2.05) is 0 Å². The van der Waals surface area contributed by atoms with Gasteiger partial charge in [0.1, 0.15) is 0 Å². The molecule has 1 N–H and O–H groups in total. The van der Waals surface area contributed by atoms with Gasteiger partial charge in [0.05, 0.1) is 6.54 Å². The molecule has 1 heteroatoms. The first-order valence-electron chi connectivity index (χ1n) is 6.13. The maximum atomic E-state index is 5.29. The van der Waals surface area contributed by atoms with Crippen LogP contribution in [-0.2, 0) is 12.8 Å². The van der Waals surface area contributed by atoms with Gasteiger partial charge in [-0.15, -0.1) is 6.42 Å². The summed E-state index contributed by atoms with van der Waals surface area (Å²) in [5.74, 6) is 2.65. The summed E-state index contributed by atoms with van der Waals surface area (Å²) in [4.78, 5) is 0. The zero-order valence-corrected chi connectivity index (χ0v) is 9.92. The average Bonchev–Trinajstić information content (AvgIpc) is 2.69. The Morgan fingerprint density at radius 2 is 2.38 bits per heavy atom. The van der Waals surface area contributed by atoms with E-state index >= 15 is 0 Å². The minimum absolute atomic E-state index is 0.475. The van der Waals surface area contributed by atoms with Gasteiger partial charge in [0.15, 0.2) is 0 Å². The van der Waals surface area contributed by atoms with E-state index in [0.717, 1.165) is 0 Å². The molecular weight excluding hydrogens is 194 g/mol. The van der Waals surface area contributed by atoms with Gasteiger partial charge in [-0.05, 0) is 36.0 Å². The third-order valence-electron chi connectivity index (χ3n) is 3.28. The summed E-state index contributed by atoms with van der Waals surface area (Å²) in [5.41, 5.74) is 4.42. The molecule has 0 unspecified atom stereocenters. The molecule has 0 spiro atoms. The number of benzene rings is 1. The summed E-state index contributed by atoms with van der Waals surface area (Å²) < 4.78 is 0. The van der Waals surface area contributed by atoms with Crippen molar-refractivity contribution in [3.8, 4) is 12.3 Å². The third-order valence-corrected chi connectivity index (χ3v) is 3.28. The monoisotopic (exact) mass is 213 g/mol. The predicted molar refractivity (Wildman–Crippen MR) is 68.3 cm³/mol. The van der Waals surface area contributed by atoms with Crippen LogP contribution in [0.5, 0.6) is 0 Å². The van der Waals surface area contributed by atoms with Gasteiger partial charge in [0.2, 0.25) is 0 Å². The van der Waals surface area contributed by atoms with Crippen LogP contribution < -0.4 is 5.32 Å². The summed E-state index contributed by atoms with van der Waals surface area (Å²) in [6.07, 6.45) is 10.0. The Kier molecular flexibility index (Phi) is 3.64. The van der Waals surface area contributed by atoms with Gasteiger partial charge >= 0.3 is 0 Å². The molecule has 1 aromatic rings. The number of nitrogens with one attached hydrogen (secondary N) is 1. The zero-order valence-electron chi connectivity index (χ0n) is 9.92. The Bertz CT molecular complexity index is 400. The maximum Gasteiger partial charge on any atom is 0.0578 e. The van der Waals surface area contributed by atoms with Crippen molar-refractivity contribution in [3.63, 3.8) is 0 Å². The van der Waals surface area contributed by atoms with Gasteiger partial charge in [-0.1, -0.05) is 37.5 Å². The normalized spacial score (nSPS) is 18.1. The Hall–Kier alpha value is -1.26. The van der Waals surface area contributed by atoms with Crippen molar-refractivity contribution in [1.29, 1.82) is 0 Å². The lowest BCUT2D eigenvalue weighted by molar-refractivity contribution is 0.568. The quantitative estimate of drug-likeness (QED) is 0.758. The fourth-order valence-corrected chi connectivity index (χ4v) is 2.49. The predicted octanol–water partition coefficient (Wildman–Crippen LogP) is 2.85. The number of rotatable bonds is 4. The van der Waals surface area contributed by atoms with Gasteiger partial charge in [-0.3, -0.25) is 5.32 Å². The van der Waals surface area contributed by atoms with Crippen molar-refractivity contribution in [2.75, 3.05) is 6.54 Å². The smallest absolute Gasteiger partial charge is 0.0578 e. The minimum Gasteiger partial charge on any atom is -0.299 e. The van der Waals surface area contributed by atoms with E-state index in [4.69, 9.17) is 6.42 Å². The van der Waals surface area contributed by atoms with Crippen molar-refractivity contribution in [2.45, 2.75) is 38.6 Å². The fourth-order valence-electron chi connectivity index (χ4n) is 2.49. The van der Waals surface area contributed by atoms with Gasteiger partial charge in [0.25, 0.3) is 0 Å². The van der Waals surface area contributed by atoms with Gasteiger partial charge < -0.3 is 0 Å². The highest BCUT2D eigenvalue weighted by Gasteiger charge is 2.21. The molecule has 1 atom stereocenters. The number of hydrogen-bond donors (Lipinski definition) is 1. The highest BCUT2D eigenvalue weighted by molar-refractivity contribution is 5.38. The van der Waals surface area contributed by atoms with Crippen molar-refractivity contribution < 1.29 is 0 Å². The first kappa shape index (κ1) is 11.2. The summed E-state index contributed by atoms with van der Waals surface area (Å²) in [5, 5.41) is 3.42. The Balaban J connectivity index is 2.16. The number of aryl methyl sites for hydroxylation is 2. The fraction of sp³-hybridized carbons (Fsp3) is 0.467. The van der Waals surface area contributed by atoms with Crippen LogP contribution in [0.4, 0.5) is 0 Å². The zero-order chi connectivity index (χ0) is 11.4. The second-order valence-electron chi connectivity index (χ2n) is 4.46. The van der Waals surface area contributed by atoms with Crippen LogP contribution in [0.15, 0.2) is 18.2 Å². The van der Waals surface area contributed by atoms with Crippen LogP contribution in [0, 0.1) is 12.3 Å². The molecule has 0 aliphatic heterocycles. The van der Waals surface area contributed by atoms with E-state index in [0.29, 0.717) is 12.6 Å². The summed E-state index contributed by atoms with van der Waals surface area (Å²) in [6, 6.07) is 7.40. The molecule has 0 bridgehead atoms. The second-order valence-corrected chi connectivity index (χ2v) is 4.46. The largest absolute Gasteiger partial charge is 0.299 e. The van der Waals surface area contributed by atoms with Crippen LogP contribution in [0.1, 0.15) is 42.5 Å². The molecule has 0 radical (unpaired) electrons. The van der Waals surface area contributed by atoms with Gasteiger partial charge in [-0.25, -0.2) is 0 Å². The van der Waals surface area contributed by atoms with Crippen LogP contribution in [0.3, 0.4) is 0 Å². The van der Waals surface area contributed by atoms with Gasteiger partial charge in [-0.2, -0.15) is 0 Å². The highest BCUT2D eigenvalue weighted by atomic mass is 14.9. The molecule has 1 aliphatic rings. The Morgan fingerprint density at radius 3 is 3.12 bits per heavy atom. The maximum absolute atomic E-state index is 5.29. The molecule has 16 heavy (non-hydrogen) atoms. The summed E-state index contributed by atoms with van der Waals surface area (Å²) in [6.45, 7) is 2.89. The van der Waals surface area contributed by atoms with Crippen molar-refractivity contribution in [1.82, 2.24) is 5.32 Å². The summed E-state index contributed by atoms with van der Waals surface area (Å²) in [7, 11) is 0. The standard InChI is InChI=1S/C15H19N/c1-3-5-12-6-7-13-8-9-15(14(13)11-12)16-10-4-2/h2,6-7,11,15-16H,3,5,8-10H2,1H3/t15-/m0/s1. The van der Waals surface area contributed by atoms with E-state index in [9.17, 15) is 0 Å². The average molecular weight is 213 g/mol. The molecule has 0 fully saturated rings. The van der Waals surface area contributed by atoms with Crippen LogP contribution in [0.2, 0.25) is 0 Å². The molecule has 1 aliphatic carbocycles. The topological polar surface area (TPSA) is 12.0 Å². The molecule has 0 amide bonds. The molecule has 0 aromatic heterocycles. The first-order valence-corrected chi connectivity index (χ1v) is 6.13. The molecule has 1 nitrogen and oxygen atoms in total. The summed E-state index contributed by atoms with van der Waals surface area (Å²) >= 11 is 0. The third kappa shape index (κ3) is 2.28. The van der Waals surface area contributed by atoms with E-state index in [1.165, 1.54) is 42.4 Å². The highest BCUT2D eigenvalue weighted by Crippen LogP contribution is 2.31. The van der Waals surface area contributed by atoms with Crippen molar-refractivity contribution >= 4 is 0 Å². The van der Waals surface area contributed by atoms with E-state index in [2.05, 4.69) is 36.4 Å². The molecule has 2 rings (SSSR count). The van der Waals surface area contributed by atoms with E-state index in [-0.39, 0.29) is 0 Å². The number of hydrogen-bond acceptors (Lipinski definition) is 1. The molecule has 1 aromatic carbocycles. The lowest BCUT2D eigenvalue weighted by Crippen LogP contribution is -2.19. The Labute approximate surface area is 98.3 Å². The van der Waals surface area contributed by atoms with Crippen molar-refractivity contribution in [2.24, 2.45) is 0 Å². The SMILES string of the molecule is C#CCN[C@H]1CCc2ccc(CCC)cc21. The van der Waals surface area contributed by atoms with Crippen LogP contribution in [0.25, 0.3) is 0 Å². The van der Waals surface area contributed by atoms with Gasteiger partial charge in [0, 0.05) is 6.04 Å². The lowest BCUT2D eigenvalue weighted by atomic mass is 10.0. The minimum atomic E-state index is 0.475. The molecule has 84 valence electrons. The molecule has 0 saturated carbocycles. The van der Waals surface area contributed by atoms with Crippen LogP contribution >= 0.6 is 0 Å². The Morgan fingerprint density at radius 1 is 1.50 bits per heavy atom. The van der Waals surface area contributed by atoms with E-state index in [1.54, 1.807) is 0 Å². The molecule has 0 saturated heterocycles. The van der Waals surface area contributed by atoms with Crippen molar-refractivity contribution in [3.05, 3.63) is 34.9 Å². The van der Waals surface area contributed by atoms with Crippen LogP contribution in [-0.4, -0.2) is 6.54 Å². The molecular formula is C15H19N. The van der Waals surface area contributed by atoms with E-state index < -0.39 is 0 Å². The number of terminal acetylenes is 1. The first-order chi connectivity index (χ1) is 7.85. The second kappa shape index (κ2) is 5.18. The lowest BCUT2D eigenvalue weighted by Gasteiger charge is -2.13. The number of fused-ring (bicyclic) bond motifs is 1. The molecule has 0 heterocycles.